The Morgan fingerprint density at radius 3 is 2.71 bits per heavy atom. The molecular weight excluding hydrogens is 352 g/mol. The summed E-state index contributed by atoms with van der Waals surface area (Å²) in [6.45, 7) is 4.93. The molecule has 0 amide bonds. The highest BCUT2D eigenvalue weighted by atomic mass is 16.5. The molecule has 0 N–H and O–H groups in total. The molecule has 28 heavy (non-hydrogen) atoms. The molecule has 2 aromatic rings. The van der Waals surface area contributed by atoms with Gasteiger partial charge in [-0.2, -0.15) is 5.10 Å². The molecule has 0 saturated carbocycles. The summed E-state index contributed by atoms with van der Waals surface area (Å²) in [5.41, 5.74) is 2.57. The number of hydrogen-bond donors (Lipinski definition) is 0. The Balaban J connectivity index is 1.62. The Bertz CT molecular complexity index is 939. The molecule has 5 nitrogen and oxygen atoms in total. The van der Waals surface area contributed by atoms with Crippen LogP contribution in [0.2, 0.25) is 0 Å². The lowest BCUT2D eigenvalue weighted by Crippen LogP contribution is -2.60. The van der Waals surface area contributed by atoms with Crippen LogP contribution >= 0.6 is 0 Å². The highest BCUT2D eigenvalue weighted by Crippen LogP contribution is 2.52. The molecule has 0 bridgehead atoms. The third-order valence-electron chi connectivity index (χ3n) is 6.01. The Morgan fingerprint density at radius 2 is 1.89 bits per heavy atom. The smallest absolute Gasteiger partial charge is 0.203 e. The lowest BCUT2D eigenvalue weighted by Gasteiger charge is -2.52. The van der Waals surface area contributed by atoms with Crippen LogP contribution in [0.5, 0.6) is 11.5 Å². The summed E-state index contributed by atoms with van der Waals surface area (Å²) < 4.78 is 18.3. The van der Waals surface area contributed by atoms with E-state index < -0.39 is 5.72 Å². The molecule has 3 heterocycles. The minimum atomic E-state index is -0.482. The van der Waals surface area contributed by atoms with E-state index in [4.69, 9.17) is 19.3 Å². The molecule has 1 saturated heterocycles. The first-order chi connectivity index (χ1) is 13.5. The molecule has 0 aromatic heterocycles. The summed E-state index contributed by atoms with van der Waals surface area (Å²) >= 11 is 0. The van der Waals surface area contributed by atoms with Crippen molar-refractivity contribution in [2.45, 2.75) is 50.5 Å². The molecule has 5 heteroatoms. The van der Waals surface area contributed by atoms with Crippen LogP contribution in [0.3, 0.4) is 0 Å². The molecule has 5 rings (SSSR count). The summed E-state index contributed by atoms with van der Waals surface area (Å²) in [6, 6.07) is 16.6. The fourth-order valence-corrected chi connectivity index (χ4v) is 4.85. The molecule has 0 aliphatic carbocycles. The number of benzene rings is 2. The highest BCUT2D eigenvalue weighted by molar-refractivity contribution is 6.04. The molecule has 0 radical (unpaired) electrons. The number of fused-ring (bicyclic) bond motifs is 4. The molecule has 3 aliphatic rings. The van der Waals surface area contributed by atoms with Gasteiger partial charge >= 0.3 is 0 Å². The SMILES string of the molecule is COc1ccccc1C1=NN2[C@H](C1)c1ccccc1O[C@]21CCOC(C)(C)C1. The predicted octanol–water partition coefficient (Wildman–Crippen LogP) is 4.52. The van der Waals surface area contributed by atoms with Crippen molar-refractivity contribution in [3.8, 4) is 11.5 Å². The van der Waals surface area contributed by atoms with Crippen molar-refractivity contribution in [2.24, 2.45) is 5.10 Å². The van der Waals surface area contributed by atoms with Gasteiger partial charge < -0.3 is 14.2 Å². The van der Waals surface area contributed by atoms with Crippen molar-refractivity contribution in [2.75, 3.05) is 13.7 Å². The van der Waals surface area contributed by atoms with Crippen LogP contribution in [-0.2, 0) is 4.74 Å². The first-order valence-electron chi connectivity index (χ1n) is 9.93. The van der Waals surface area contributed by atoms with E-state index in [2.05, 4.69) is 43.1 Å². The van der Waals surface area contributed by atoms with Crippen LogP contribution in [0.15, 0.2) is 53.6 Å². The van der Waals surface area contributed by atoms with Crippen molar-refractivity contribution in [3.05, 3.63) is 59.7 Å². The molecule has 3 aliphatic heterocycles. The van der Waals surface area contributed by atoms with E-state index >= 15 is 0 Å². The fraction of sp³-hybridized carbons (Fsp3) is 0.435. The van der Waals surface area contributed by atoms with Gasteiger partial charge in [0.25, 0.3) is 0 Å². The van der Waals surface area contributed by atoms with Gasteiger partial charge in [-0.1, -0.05) is 30.3 Å². The second kappa shape index (κ2) is 6.24. The van der Waals surface area contributed by atoms with Gasteiger partial charge in [-0.15, -0.1) is 0 Å². The quantitative estimate of drug-likeness (QED) is 0.770. The molecule has 0 unspecified atom stereocenters. The van der Waals surface area contributed by atoms with Crippen LogP contribution in [0.25, 0.3) is 0 Å². The maximum absolute atomic E-state index is 6.66. The maximum Gasteiger partial charge on any atom is 0.203 e. The van der Waals surface area contributed by atoms with E-state index in [-0.39, 0.29) is 11.6 Å². The minimum Gasteiger partial charge on any atom is -0.496 e. The van der Waals surface area contributed by atoms with Crippen molar-refractivity contribution in [1.82, 2.24) is 5.01 Å². The van der Waals surface area contributed by atoms with Gasteiger partial charge in [0.05, 0.1) is 31.1 Å². The van der Waals surface area contributed by atoms with Crippen LogP contribution < -0.4 is 9.47 Å². The second-order valence-corrected chi connectivity index (χ2v) is 8.43. The third-order valence-corrected chi connectivity index (χ3v) is 6.01. The Kier molecular flexibility index (Phi) is 3.91. The third kappa shape index (κ3) is 2.68. The zero-order valence-corrected chi connectivity index (χ0v) is 16.6. The molecular formula is C23H26N2O3. The maximum atomic E-state index is 6.66. The average Bonchev–Trinajstić information content (AvgIpc) is 3.14. The summed E-state index contributed by atoms with van der Waals surface area (Å²) in [4.78, 5) is 0. The van der Waals surface area contributed by atoms with Gasteiger partial charge in [0, 0.05) is 30.4 Å². The van der Waals surface area contributed by atoms with Crippen LogP contribution in [-0.4, -0.2) is 35.8 Å². The Hall–Kier alpha value is -2.53. The van der Waals surface area contributed by atoms with Crippen molar-refractivity contribution >= 4 is 5.71 Å². The minimum absolute atomic E-state index is 0.166. The number of methoxy groups -OCH3 is 1. The molecule has 2 aromatic carbocycles. The molecule has 1 spiro atoms. The van der Waals surface area contributed by atoms with Crippen molar-refractivity contribution in [1.29, 1.82) is 0 Å². The van der Waals surface area contributed by atoms with Gasteiger partial charge in [0.1, 0.15) is 11.5 Å². The van der Waals surface area contributed by atoms with E-state index in [0.29, 0.717) is 6.61 Å². The van der Waals surface area contributed by atoms with Crippen LogP contribution in [0.4, 0.5) is 0 Å². The largest absolute Gasteiger partial charge is 0.496 e. The summed E-state index contributed by atoms with van der Waals surface area (Å²) in [6.07, 6.45) is 2.40. The van der Waals surface area contributed by atoms with Gasteiger partial charge in [0.15, 0.2) is 0 Å². The van der Waals surface area contributed by atoms with E-state index in [9.17, 15) is 0 Å². The zero-order chi connectivity index (χ0) is 19.4. The van der Waals surface area contributed by atoms with Crippen LogP contribution in [0, 0.1) is 0 Å². The number of nitrogens with zero attached hydrogens (tertiary/aromatic N) is 2. The second-order valence-electron chi connectivity index (χ2n) is 8.43. The summed E-state index contributed by atoms with van der Waals surface area (Å²) in [7, 11) is 1.71. The summed E-state index contributed by atoms with van der Waals surface area (Å²) in [5.74, 6) is 1.83. The zero-order valence-electron chi connectivity index (χ0n) is 16.6. The lowest BCUT2D eigenvalue weighted by molar-refractivity contribution is -0.212. The number of hydrogen-bond acceptors (Lipinski definition) is 5. The van der Waals surface area contributed by atoms with Gasteiger partial charge in [-0.05, 0) is 32.0 Å². The van der Waals surface area contributed by atoms with Gasteiger partial charge in [-0.25, -0.2) is 5.01 Å². The standard InChI is InChI=1S/C23H26N2O3/c1-22(2)15-23(12-13-27-22)25-19(17-9-5-7-11-21(17)28-23)14-18(24-25)16-8-4-6-10-20(16)26-3/h4-11,19H,12-15H2,1-3H3/t19-,23+/m1/s1. The lowest BCUT2D eigenvalue weighted by atomic mass is 9.86. The van der Waals surface area contributed by atoms with Crippen LogP contribution in [0.1, 0.15) is 50.3 Å². The molecule has 1 fully saturated rings. The van der Waals surface area contributed by atoms with Gasteiger partial charge in [-0.3, -0.25) is 0 Å². The van der Waals surface area contributed by atoms with Crippen molar-refractivity contribution < 1.29 is 14.2 Å². The first kappa shape index (κ1) is 17.6. The number of para-hydroxylation sites is 2. The fourth-order valence-electron chi connectivity index (χ4n) is 4.85. The molecule has 2 atom stereocenters. The van der Waals surface area contributed by atoms with E-state index in [1.54, 1.807) is 7.11 Å². The highest BCUT2D eigenvalue weighted by Gasteiger charge is 2.54. The Morgan fingerprint density at radius 1 is 1.11 bits per heavy atom. The number of ether oxygens (including phenoxy) is 3. The Labute approximate surface area is 165 Å². The predicted molar refractivity (Wildman–Crippen MR) is 108 cm³/mol. The van der Waals surface area contributed by atoms with E-state index in [1.807, 2.05) is 24.3 Å². The monoisotopic (exact) mass is 378 g/mol. The van der Waals surface area contributed by atoms with E-state index in [1.165, 1.54) is 5.56 Å². The number of rotatable bonds is 2. The normalized spacial score (nSPS) is 27.6. The van der Waals surface area contributed by atoms with Gasteiger partial charge in [0.2, 0.25) is 5.72 Å². The van der Waals surface area contributed by atoms with E-state index in [0.717, 1.165) is 42.0 Å². The van der Waals surface area contributed by atoms with Crippen molar-refractivity contribution in [3.63, 3.8) is 0 Å². The molecule has 146 valence electrons. The number of hydrazone groups is 1. The average molecular weight is 378 g/mol. The summed E-state index contributed by atoms with van der Waals surface area (Å²) in [5, 5.41) is 7.33. The topological polar surface area (TPSA) is 43.3 Å². The first-order valence-corrected chi connectivity index (χ1v) is 9.93.